The molecule has 0 fully saturated rings. The molecule has 0 saturated heterocycles. The number of nitrogens with zero attached hydrogens (tertiary/aromatic N) is 5. The van der Waals surface area contributed by atoms with E-state index in [4.69, 9.17) is 11.0 Å². The number of para-hydroxylation sites is 2. The summed E-state index contributed by atoms with van der Waals surface area (Å²) in [5.41, 5.74) is 12.5. The highest BCUT2D eigenvalue weighted by Gasteiger charge is 2.38. The van der Waals surface area contributed by atoms with E-state index in [0.29, 0.717) is 23.1 Å². The van der Waals surface area contributed by atoms with Gasteiger partial charge in [0.1, 0.15) is 5.52 Å². The fourth-order valence-corrected chi connectivity index (χ4v) is 7.37. The van der Waals surface area contributed by atoms with Crippen LogP contribution < -0.4 is 14.7 Å². The van der Waals surface area contributed by atoms with Gasteiger partial charge in [0.05, 0.1) is 6.57 Å². The summed E-state index contributed by atoms with van der Waals surface area (Å²) in [4.78, 5) is 15.2. The van der Waals surface area contributed by atoms with Crippen molar-refractivity contribution in [3.63, 3.8) is 0 Å². The lowest BCUT2D eigenvalue weighted by Gasteiger charge is -2.42. The normalized spacial score (nSPS) is 17.8. The van der Waals surface area contributed by atoms with Crippen molar-refractivity contribution in [2.75, 3.05) is 42.9 Å². The standard InChI is InChI=1S/C43H43N5O/c1-43(2)28-32(41(44-3)42-45-39-10-8-9-11-40(39)49-42)27-31-26-30(14-25-38(31)43)29-12-15-35(16-13-29)48(36-21-17-33(18-22-36)46(4)5)37-23-19-34(20-24-37)47(6)7/h8-13,15-24,26-27,38H,14,25,28H2,1-2,4-7H3. The van der Waals surface area contributed by atoms with Gasteiger partial charge in [-0.2, -0.15) is 0 Å². The van der Waals surface area contributed by atoms with Crippen molar-refractivity contribution in [1.29, 1.82) is 0 Å². The largest absolute Gasteiger partial charge is 0.447 e. The van der Waals surface area contributed by atoms with Gasteiger partial charge in [0.15, 0.2) is 5.58 Å². The molecule has 6 nitrogen and oxygen atoms in total. The van der Waals surface area contributed by atoms with Crippen molar-refractivity contribution in [3.05, 3.63) is 143 Å². The summed E-state index contributed by atoms with van der Waals surface area (Å²) in [6, 6.07) is 34.1. The van der Waals surface area contributed by atoms with Crippen LogP contribution in [0.5, 0.6) is 0 Å². The molecule has 7 rings (SSSR count). The van der Waals surface area contributed by atoms with Gasteiger partial charge < -0.3 is 19.1 Å². The second-order valence-electron chi connectivity index (χ2n) is 14.2. The van der Waals surface area contributed by atoms with Crippen molar-refractivity contribution >= 4 is 50.8 Å². The Labute approximate surface area is 290 Å². The monoisotopic (exact) mass is 645 g/mol. The topological polar surface area (TPSA) is 40.1 Å². The number of hydrogen-bond donors (Lipinski definition) is 0. The molecule has 0 bridgehead atoms. The molecule has 1 unspecified atom stereocenters. The SMILES string of the molecule is [C-]#[N+]C(=C1C=C2C=C(c3ccc(N(c4ccc(N(C)C)cc4)c4ccc(N(C)C)cc4)cc3)CCC2C(C)(C)C1)c1nc2ccccc2o1. The Balaban J connectivity index is 1.24. The molecular formula is C43H43N5O. The van der Waals surface area contributed by atoms with Crippen LogP contribution in [0.1, 0.15) is 44.6 Å². The minimum Gasteiger partial charge on any atom is -0.447 e. The number of anilines is 5. The van der Waals surface area contributed by atoms with Crippen LogP contribution in [0.2, 0.25) is 0 Å². The van der Waals surface area contributed by atoms with Gasteiger partial charge in [-0.1, -0.05) is 50.3 Å². The molecule has 1 heterocycles. The number of benzene rings is 4. The van der Waals surface area contributed by atoms with E-state index < -0.39 is 0 Å². The van der Waals surface area contributed by atoms with Crippen molar-refractivity contribution in [2.45, 2.75) is 33.1 Å². The third-order valence-corrected chi connectivity index (χ3v) is 10.0. The van der Waals surface area contributed by atoms with Crippen LogP contribution in [-0.4, -0.2) is 33.2 Å². The molecule has 1 atom stereocenters. The smallest absolute Gasteiger partial charge is 0.250 e. The van der Waals surface area contributed by atoms with Gasteiger partial charge in [-0.05, 0) is 126 Å². The van der Waals surface area contributed by atoms with E-state index in [9.17, 15) is 0 Å². The first kappa shape index (κ1) is 32.0. The molecule has 2 aliphatic rings. The second-order valence-corrected chi connectivity index (χ2v) is 14.2. The van der Waals surface area contributed by atoms with E-state index >= 15 is 0 Å². The van der Waals surface area contributed by atoms with Crippen LogP contribution in [-0.2, 0) is 0 Å². The minimum atomic E-state index is 0.0119. The van der Waals surface area contributed by atoms with E-state index in [2.05, 4.69) is 152 Å². The van der Waals surface area contributed by atoms with Crippen LogP contribution >= 0.6 is 0 Å². The average Bonchev–Trinajstić information content (AvgIpc) is 3.53. The average molecular weight is 646 g/mol. The van der Waals surface area contributed by atoms with Gasteiger partial charge in [-0.3, -0.25) is 0 Å². The molecule has 4 aromatic carbocycles. The van der Waals surface area contributed by atoms with Gasteiger partial charge in [0.25, 0.3) is 5.70 Å². The molecule has 5 aromatic rings. The highest BCUT2D eigenvalue weighted by atomic mass is 16.3. The van der Waals surface area contributed by atoms with E-state index in [0.717, 1.165) is 47.4 Å². The molecular weight excluding hydrogens is 603 g/mol. The van der Waals surface area contributed by atoms with Crippen molar-refractivity contribution in [1.82, 2.24) is 4.98 Å². The zero-order valence-electron chi connectivity index (χ0n) is 29.2. The van der Waals surface area contributed by atoms with E-state index in [1.807, 2.05) is 24.3 Å². The van der Waals surface area contributed by atoms with Gasteiger partial charge >= 0.3 is 0 Å². The molecule has 0 saturated carbocycles. The lowest BCUT2D eigenvalue weighted by Crippen LogP contribution is -2.31. The lowest BCUT2D eigenvalue weighted by molar-refractivity contribution is 0.228. The molecule has 0 radical (unpaired) electrons. The third kappa shape index (κ3) is 6.25. The predicted molar refractivity (Wildman–Crippen MR) is 204 cm³/mol. The van der Waals surface area contributed by atoms with Crippen molar-refractivity contribution in [3.8, 4) is 0 Å². The number of rotatable bonds is 7. The Morgan fingerprint density at radius 1 is 0.755 bits per heavy atom. The molecule has 6 heteroatoms. The van der Waals surface area contributed by atoms with E-state index in [1.165, 1.54) is 28.1 Å². The van der Waals surface area contributed by atoms with Gasteiger partial charge in [-0.15, -0.1) is 0 Å². The summed E-state index contributed by atoms with van der Waals surface area (Å²) in [6.07, 6.45) is 7.53. The van der Waals surface area contributed by atoms with Crippen LogP contribution in [0.25, 0.3) is 27.2 Å². The predicted octanol–water partition coefficient (Wildman–Crippen LogP) is 10.9. The van der Waals surface area contributed by atoms with Crippen molar-refractivity contribution in [2.24, 2.45) is 11.3 Å². The number of aromatic nitrogens is 1. The highest BCUT2D eigenvalue weighted by molar-refractivity contribution is 5.82. The van der Waals surface area contributed by atoms with Gasteiger partial charge in [0, 0.05) is 56.6 Å². The number of allylic oxidation sites excluding steroid dienone is 5. The maximum absolute atomic E-state index is 8.09. The summed E-state index contributed by atoms with van der Waals surface area (Å²) in [7, 11) is 8.26. The maximum atomic E-state index is 8.09. The summed E-state index contributed by atoms with van der Waals surface area (Å²) >= 11 is 0. The zero-order chi connectivity index (χ0) is 34.3. The van der Waals surface area contributed by atoms with Crippen LogP contribution in [0.3, 0.4) is 0 Å². The van der Waals surface area contributed by atoms with Crippen molar-refractivity contribution < 1.29 is 4.42 Å². The molecule has 0 spiro atoms. The summed E-state index contributed by atoms with van der Waals surface area (Å²) in [5.74, 6) is 0.839. The zero-order valence-corrected chi connectivity index (χ0v) is 29.2. The third-order valence-electron chi connectivity index (χ3n) is 10.0. The molecule has 0 N–H and O–H groups in total. The van der Waals surface area contributed by atoms with E-state index in [1.54, 1.807) is 0 Å². The van der Waals surface area contributed by atoms with E-state index in [-0.39, 0.29) is 5.41 Å². The number of fused-ring (bicyclic) bond motifs is 2. The molecule has 246 valence electrons. The molecule has 1 aromatic heterocycles. The first-order valence-electron chi connectivity index (χ1n) is 17.0. The first-order valence-corrected chi connectivity index (χ1v) is 17.0. The minimum absolute atomic E-state index is 0.0119. The van der Waals surface area contributed by atoms with Crippen LogP contribution in [0.4, 0.5) is 28.4 Å². The Kier molecular flexibility index (Phi) is 8.38. The molecule has 2 aliphatic carbocycles. The Morgan fingerprint density at radius 2 is 1.31 bits per heavy atom. The summed E-state index contributed by atoms with van der Waals surface area (Å²) < 4.78 is 6.06. The fourth-order valence-electron chi connectivity index (χ4n) is 7.37. The molecule has 49 heavy (non-hydrogen) atoms. The summed E-state index contributed by atoms with van der Waals surface area (Å²) in [5, 5.41) is 0. The quantitative estimate of drug-likeness (QED) is 0.165. The lowest BCUT2D eigenvalue weighted by atomic mass is 9.62. The van der Waals surface area contributed by atoms with Gasteiger partial charge in [0.2, 0.25) is 5.89 Å². The highest BCUT2D eigenvalue weighted by Crippen LogP contribution is 2.51. The van der Waals surface area contributed by atoms with Crippen LogP contribution in [0.15, 0.2) is 125 Å². The van der Waals surface area contributed by atoms with Gasteiger partial charge in [-0.25, -0.2) is 9.83 Å². The molecule has 0 amide bonds. The first-order chi connectivity index (χ1) is 23.6. The Bertz CT molecular complexity index is 2040. The Morgan fingerprint density at radius 3 is 1.86 bits per heavy atom. The maximum Gasteiger partial charge on any atom is 0.250 e. The fraction of sp³-hybridized carbons (Fsp3) is 0.256. The number of hydrogen-bond acceptors (Lipinski definition) is 5. The van der Waals surface area contributed by atoms with Crippen LogP contribution in [0, 0.1) is 17.9 Å². The molecule has 0 aliphatic heterocycles. The summed E-state index contributed by atoms with van der Waals surface area (Å²) in [6.45, 7) is 12.8. The second kappa shape index (κ2) is 12.8. The Hall–Kier alpha value is -5.54. The number of oxazole rings is 1.